The van der Waals surface area contributed by atoms with E-state index in [9.17, 15) is 23.6 Å². The number of hydrogen-bond acceptors (Lipinski definition) is 6. The number of carbonyl (C=O) groups is 4. The van der Waals surface area contributed by atoms with Gasteiger partial charge in [0.1, 0.15) is 6.04 Å². The van der Waals surface area contributed by atoms with Gasteiger partial charge in [0.05, 0.1) is 18.0 Å². The minimum Gasteiger partial charge on any atom is -0.481 e. The minimum absolute atomic E-state index is 0.191. The van der Waals surface area contributed by atoms with Gasteiger partial charge in [-0.15, -0.1) is 0 Å². The maximum absolute atomic E-state index is 13.3. The first-order chi connectivity index (χ1) is 13.3. The maximum Gasteiger partial charge on any atom is 0.326 e. The van der Waals surface area contributed by atoms with Crippen LogP contribution in [0.1, 0.15) is 42.5 Å². The molecule has 0 saturated heterocycles. The molecule has 0 unspecified atom stereocenters. The van der Waals surface area contributed by atoms with Crippen molar-refractivity contribution < 1.29 is 33.8 Å². The van der Waals surface area contributed by atoms with Gasteiger partial charge in [-0.25, -0.2) is 14.0 Å². The highest BCUT2D eigenvalue weighted by molar-refractivity contribution is 5.93. The summed E-state index contributed by atoms with van der Waals surface area (Å²) in [4.78, 5) is 44.8. The fourth-order valence-corrected chi connectivity index (χ4v) is 2.13. The number of rotatable bonds is 12. The number of carboxylic acid groups (broad SMARTS) is 2. The third-order valence-electron chi connectivity index (χ3n) is 3.60. The van der Waals surface area contributed by atoms with Gasteiger partial charge in [0, 0.05) is 19.5 Å². The second-order valence-electron chi connectivity index (χ2n) is 5.79. The molecule has 12 heteroatoms. The van der Waals surface area contributed by atoms with Crippen LogP contribution in [0.5, 0.6) is 0 Å². The number of carboxylic acids is 2. The van der Waals surface area contributed by atoms with Gasteiger partial charge in [-0.2, -0.15) is 10.2 Å². The van der Waals surface area contributed by atoms with Gasteiger partial charge in [-0.3, -0.25) is 9.59 Å². The van der Waals surface area contributed by atoms with Crippen molar-refractivity contribution in [1.29, 1.82) is 0 Å². The van der Waals surface area contributed by atoms with Crippen molar-refractivity contribution in [3.63, 3.8) is 0 Å². The molecule has 154 valence electrons. The van der Waals surface area contributed by atoms with Crippen LogP contribution in [-0.2, 0) is 9.59 Å². The molecule has 0 aromatic carbocycles. The second kappa shape index (κ2) is 12.1. The smallest absolute Gasteiger partial charge is 0.326 e. The monoisotopic (exact) mass is 398 g/mol. The van der Waals surface area contributed by atoms with Crippen LogP contribution in [0.25, 0.3) is 0 Å². The molecule has 1 aromatic heterocycles. The maximum atomic E-state index is 13.3. The number of amides is 3. The normalized spacial score (nSPS) is 11.3. The van der Waals surface area contributed by atoms with E-state index in [1.807, 2.05) is 0 Å². The summed E-state index contributed by atoms with van der Waals surface area (Å²) in [6.07, 6.45) is 3.11. The number of carbonyl (C=O) groups excluding carboxylic acids is 2. The largest absolute Gasteiger partial charge is 0.481 e. The topological polar surface area (TPSA) is 171 Å². The van der Waals surface area contributed by atoms with Crippen LogP contribution in [0.3, 0.4) is 0 Å². The number of hydrogen-bond donors (Lipinski definition) is 5. The van der Waals surface area contributed by atoms with Gasteiger partial charge < -0.3 is 26.2 Å². The van der Waals surface area contributed by atoms with Crippen LogP contribution >= 0.6 is 0 Å². The van der Waals surface area contributed by atoms with Gasteiger partial charge in [-0.05, 0) is 25.7 Å². The summed E-state index contributed by atoms with van der Waals surface area (Å²) in [6, 6.07) is -1.99. The van der Waals surface area contributed by atoms with Crippen LogP contribution in [0.4, 0.5) is 9.18 Å². The first-order valence-electron chi connectivity index (χ1n) is 8.54. The van der Waals surface area contributed by atoms with E-state index in [1.165, 1.54) is 0 Å². The van der Waals surface area contributed by atoms with Gasteiger partial charge in [0.2, 0.25) is 0 Å². The lowest BCUT2D eigenvalue weighted by atomic mass is 10.1. The fourth-order valence-electron chi connectivity index (χ4n) is 2.13. The fraction of sp³-hybridized carbons (Fsp3) is 0.500. The SMILES string of the molecule is O=C(O)CC[C@H](NC(=O)NCCCCCNC(=O)c1cnncc1[18F])C(=O)O. The molecule has 3 amide bonds. The molecule has 11 nitrogen and oxygen atoms in total. The zero-order valence-electron chi connectivity index (χ0n) is 15.0. The summed E-state index contributed by atoms with van der Waals surface area (Å²) in [5, 5.41) is 31.5. The predicted molar refractivity (Wildman–Crippen MR) is 93.0 cm³/mol. The van der Waals surface area contributed by atoms with E-state index in [0.29, 0.717) is 25.8 Å². The molecule has 0 aliphatic rings. The highest BCUT2D eigenvalue weighted by atomic mass is 18.2. The number of nitrogens with zero attached hydrogens (tertiary/aromatic N) is 2. The van der Waals surface area contributed by atoms with Crippen LogP contribution in [0, 0.1) is 5.82 Å². The lowest BCUT2D eigenvalue weighted by Gasteiger charge is -2.14. The lowest BCUT2D eigenvalue weighted by molar-refractivity contribution is -0.140. The summed E-state index contributed by atoms with van der Waals surface area (Å²) in [5.41, 5.74) is -0.191. The number of aromatic nitrogens is 2. The molecule has 1 aromatic rings. The Morgan fingerprint density at radius 3 is 2.25 bits per heavy atom. The average molecular weight is 398 g/mol. The summed E-state index contributed by atoms with van der Waals surface area (Å²) >= 11 is 0. The summed E-state index contributed by atoms with van der Waals surface area (Å²) in [5.74, 6) is -3.81. The van der Waals surface area contributed by atoms with Gasteiger partial charge in [0.15, 0.2) is 5.82 Å². The summed E-state index contributed by atoms with van der Waals surface area (Å²) in [7, 11) is 0. The Morgan fingerprint density at radius 2 is 1.64 bits per heavy atom. The third kappa shape index (κ3) is 8.87. The van der Waals surface area contributed by atoms with Crippen LogP contribution < -0.4 is 16.0 Å². The molecule has 0 aliphatic heterocycles. The average Bonchev–Trinajstić information content (AvgIpc) is 2.64. The van der Waals surface area contributed by atoms with Crippen molar-refractivity contribution in [2.75, 3.05) is 13.1 Å². The first kappa shape index (κ1) is 22.7. The number of unbranched alkanes of at least 4 members (excludes halogenated alkanes) is 2. The number of urea groups is 1. The van der Waals surface area contributed by atoms with Crippen LogP contribution in [0.15, 0.2) is 12.4 Å². The van der Waals surface area contributed by atoms with Crippen LogP contribution in [0.2, 0.25) is 0 Å². The Labute approximate surface area is 159 Å². The van der Waals surface area contributed by atoms with E-state index in [2.05, 4.69) is 26.1 Å². The Hall–Kier alpha value is -3.31. The standard InChI is InChI=1S/C16H22FN5O6/c17-11-9-21-20-8-10(11)14(25)18-6-2-1-3-7-19-16(28)22-12(15(26)27)4-5-13(23)24/h8-9,12H,1-7H2,(H,18,25)(H,23,24)(H,26,27)(H2,19,22,28)/t12-/m0/s1/i17-1. The molecule has 1 atom stereocenters. The van der Waals surface area contributed by atoms with Gasteiger partial charge in [0.25, 0.3) is 5.91 Å². The van der Waals surface area contributed by atoms with E-state index in [1.54, 1.807) is 0 Å². The second-order valence-corrected chi connectivity index (χ2v) is 5.79. The molecule has 5 N–H and O–H groups in total. The predicted octanol–water partition coefficient (Wildman–Crippen LogP) is 0.133. The molecule has 1 rings (SSSR count). The van der Waals surface area contributed by atoms with E-state index < -0.39 is 35.7 Å². The van der Waals surface area contributed by atoms with Crippen molar-refractivity contribution in [1.82, 2.24) is 26.1 Å². The van der Waals surface area contributed by atoms with Gasteiger partial charge in [-0.1, -0.05) is 0 Å². The third-order valence-corrected chi connectivity index (χ3v) is 3.60. The van der Waals surface area contributed by atoms with E-state index in [0.717, 1.165) is 12.4 Å². The van der Waals surface area contributed by atoms with Gasteiger partial charge >= 0.3 is 18.0 Å². The molecule has 0 bridgehead atoms. The molecule has 0 aliphatic carbocycles. The molecule has 0 spiro atoms. The highest BCUT2D eigenvalue weighted by Gasteiger charge is 2.20. The van der Waals surface area contributed by atoms with E-state index >= 15 is 0 Å². The lowest BCUT2D eigenvalue weighted by Crippen LogP contribution is -2.46. The molecule has 28 heavy (non-hydrogen) atoms. The molecular weight excluding hydrogens is 376 g/mol. The Kier molecular flexibility index (Phi) is 9.86. The minimum atomic E-state index is -1.31. The molecule has 1 heterocycles. The van der Waals surface area contributed by atoms with Crippen molar-refractivity contribution >= 4 is 23.9 Å². The summed E-state index contributed by atoms with van der Waals surface area (Å²) < 4.78 is 13.3. The zero-order chi connectivity index (χ0) is 20.9. The van der Waals surface area contributed by atoms with Crippen molar-refractivity contribution in [2.45, 2.75) is 38.1 Å². The van der Waals surface area contributed by atoms with Crippen LogP contribution in [-0.4, -0.2) is 63.4 Å². The highest BCUT2D eigenvalue weighted by Crippen LogP contribution is 2.02. The van der Waals surface area contributed by atoms with E-state index in [-0.39, 0.29) is 24.9 Å². The Morgan fingerprint density at radius 1 is 1.00 bits per heavy atom. The number of aliphatic carboxylic acids is 2. The summed E-state index contributed by atoms with van der Waals surface area (Å²) in [6.45, 7) is 0.580. The van der Waals surface area contributed by atoms with Crippen molar-refractivity contribution in [3.05, 3.63) is 23.8 Å². The van der Waals surface area contributed by atoms with Crippen molar-refractivity contribution in [2.24, 2.45) is 0 Å². The Balaban J connectivity index is 2.15. The first-order valence-corrected chi connectivity index (χ1v) is 8.54. The number of halogens is 1. The molecular formula is C16H22FN5O6. The molecule has 0 radical (unpaired) electrons. The quantitative estimate of drug-likeness (QED) is 0.309. The molecule has 0 fully saturated rings. The van der Waals surface area contributed by atoms with Crippen molar-refractivity contribution in [3.8, 4) is 0 Å². The molecule has 0 saturated carbocycles. The Bertz CT molecular complexity index is 702. The zero-order valence-corrected chi connectivity index (χ0v) is 15.0. The van der Waals surface area contributed by atoms with E-state index in [4.69, 9.17) is 10.2 Å². The number of nitrogens with one attached hydrogen (secondary N) is 3.